The van der Waals surface area contributed by atoms with Crippen LogP contribution in [0.3, 0.4) is 0 Å². The highest BCUT2D eigenvalue weighted by Gasteiger charge is 2.25. The van der Waals surface area contributed by atoms with Gasteiger partial charge in [-0.1, -0.05) is 29.8 Å². The lowest BCUT2D eigenvalue weighted by Crippen LogP contribution is -2.42. The molecular formula is C21H21ClN4O2. The lowest BCUT2D eigenvalue weighted by molar-refractivity contribution is 0.182. The van der Waals surface area contributed by atoms with E-state index in [9.17, 15) is 9.59 Å². The van der Waals surface area contributed by atoms with Crippen LogP contribution in [-0.4, -0.2) is 33.6 Å². The van der Waals surface area contributed by atoms with Gasteiger partial charge in [-0.25, -0.2) is 9.78 Å². The van der Waals surface area contributed by atoms with E-state index in [1.54, 1.807) is 27.9 Å². The van der Waals surface area contributed by atoms with Gasteiger partial charge in [0.05, 0.1) is 17.2 Å². The van der Waals surface area contributed by atoms with Crippen molar-refractivity contribution >= 4 is 34.2 Å². The molecule has 6 nitrogen and oxygen atoms in total. The SMILES string of the molecule is Cc1ccc(NC(=O)N2CCC(n3cnc4ccccc4c3=O)CC2)cc1Cl. The van der Waals surface area contributed by atoms with Gasteiger partial charge in [0.25, 0.3) is 5.56 Å². The number of hydrogen-bond acceptors (Lipinski definition) is 3. The zero-order valence-electron chi connectivity index (χ0n) is 15.6. The number of carbonyl (C=O) groups excluding carboxylic acids is 1. The van der Waals surface area contributed by atoms with Gasteiger partial charge in [-0.3, -0.25) is 9.36 Å². The largest absolute Gasteiger partial charge is 0.324 e. The monoisotopic (exact) mass is 396 g/mol. The summed E-state index contributed by atoms with van der Waals surface area (Å²) >= 11 is 6.12. The molecule has 2 aromatic carbocycles. The first-order chi connectivity index (χ1) is 13.5. The molecule has 0 saturated carbocycles. The number of nitrogens with one attached hydrogen (secondary N) is 1. The number of carbonyl (C=O) groups is 1. The Kier molecular flexibility index (Phi) is 5.05. The summed E-state index contributed by atoms with van der Waals surface area (Å²) in [4.78, 5) is 31.5. The zero-order chi connectivity index (χ0) is 19.7. The van der Waals surface area contributed by atoms with E-state index in [2.05, 4.69) is 10.3 Å². The van der Waals surface area contributed by atoms with E-state index in [4.69, 9.17) is 11.6 Å². The molecule has 0 atom stereocenters. The summed E-state index contributed by atoms with van der Waals surface area (Å²) in [6, 6.07) is 12.7. The van der Waals surface area contributed by atoms with E-state index in [0.29, 0.717) is 47.5 Å². The Bertz CT molecular complexity index is 1090. The molecule has 4 rings (SSSR count). The number of rotatable bonds is 2. The van der Waals surface area contributed by atoms with Crippen molar-refractivity contribution in [1.29, 1.82) is 0 Å². The molecule has 144 valence electrons. The summed E-state index contributed by atoms with van der Waals surface area (Å²) in [6.07, 6.45) is 3.05. The van der Waals surface area contributed by atoms with Gasteiger partial charge in [0, 0.05) is 29.8 Å². The van der Waals surface area contributed by atoms with E-state index in [-0.39, 0.29) is 17.6 Å². The number of nitrogens with zero attached hydrogens (tertiary/aromatic N) is 3. The fourth-order valence-corrected chi connectivity index (χ4v) is 3.74. The molecule has 1 N–H and O–H groups in total. The molecule has 7 heteroatoms. The van der Waals surface area contributed by atoms with Crippen LogP contribution >= 0.6 is 11.6 Å². The first kappa shape index (κ1) is 18.5. The molecule has 1 saturated heterocycles. The third-order valence-electron chi connectivity index (χ3n) is 5.26. The topological polar surface area (TPSA) is 67.2 Å². The minimum Gasteiger partial charge on any atom is -0.324 e. The molecule has 1 aromatic heterocycles. The van der Waals surface area contributed by atoms with Crippen LogP contribution < -0.4 is 10.9 Å². The van der Waals surface area contributed by atoms with Crippen molar-refractivity contribution in [2.75, 3.05) is 18.4 Å². The molecule has 0 unspecified atom stereocenters. The van der Waals surface area contributed by atoms with Gasteiger partial charge in [0.1, 0.15) is 0 Å². The van der Waals surface area contributed by atoms with Crippen molar-refractivity contribution in [2.45, 2.75) is 25.8 Å². The van der Waals surface area contributed by atoms with E-state index in [1.165, 1.54) is 0 Å². The highest BCUT2D eigenvalue weighted by atomic mass is 35.5. The van der Waals surface area contributed by atoms with Crippen LogP contribution in [0.25, 0.3) is 10.9 Å². The Morgan fingerprint density at radius 2 is 1.93 bits per heavy atom. The average molecular weight is 397 g/mol. The first-order valence-corrected chi connectivity index (χ1v) is 9.68. The normalized spacial score (nSPS) is 15.0. The van der Waals surface area contributed by atoms with Gasteiger partial charge in [0.2, 0.25) is 0 Å². The van der Waals surface area contributed by atoms with E-state index in [0.717, 1.165) is 5.56 Å². The van der Waals surface area contributed by atoms with Crippen LogP contribution in [0, 0.1) is 6.92 Å². The Hall–Kier alpha value is -2.86. The van der Waals surface area contributed by atoms with Crippen molar-refractivity contribution in [3.8, 4) is 0 Å². The Balaban J connectivity index is 1.43. The van der Waals surface area contributed by atoms with Gasteiger partial charge in [-0.2, -0.15) is 0 Å². The van der Waals surface area contributed by atoms with E-state index in [1.807, 2.05) is 37.3 Å². The van der Waals surface area contributed by atoms with Crippen LogP contribution in [0.5, 0.6) is 0 Å². The number of para-hydroxylation sites is 1. The second-order valence-corrected chi connectivity index (χ2v) is 7.49. The number of hydrogen-bond donors (Lipinski definition) is 1. The Morgan fingerprint density at radius 1 is 1.18 bits per heavy atom. The number of amides is 2. The van der Waals surface area contributed by atoms with Crippen LogP contribution in [0.4, 0.5) is 10.5 Å². The van der Waals surface area contributed by atoms with Gasteiger partial charge >= 0.3 is 6.03 Å². The lowest BCUT2D eigenvalue weighted by Gasteiger charge is -2.32. The summed E-state index contributed by atoms with van der Waals surface area (Å²) < 4.78 is 1.71. The second-order valence-electron chi connectivity index (χ2n) is 7.09. The molecule has 2 heterocycles. The Labute approximate surface area is 167 Å². The third kappa shape index (κ3) is 3.60. The van der Waals surface area contributed by atoms with Gasteiger partial charge in [-0.05, 0) is 49.6 Å². The van der Waals surface area contributed by atoms with Crippen LogP contribution in [0.1, 0.15) is 24.4 Å². The van der Waals surface area contributed by atoms with Crippen molar-refractivity contribution in [2.24, 2.45) is 0 Å². The molecule has 1 fully saturated rings. The highest BCUT2D eigenvalue weighted by Crippen LogP contribution is 2.24. The first-order valence-electron chi connectivity index (χ1n) is 9.31. The summed E-state index contributed by atoms with van der Waals surface area (Å²) in [6.45, 7) is 3.08. The number of aryl methyl sites for hydroxylation is 1. The number of anilines is 1. The maximum atomic E-state index is 12.8. The predicted octanol–water partition coefficient (Wildman–Crippen LogP) is 4.23. The molecule has 0 bridgehead atoms. The minimum absolute atomic E-state index is 0.0252. The summed E-state index contributed by atoms with van der Waals surface area (Å²) in [5.41, 5.74) is 2.33. The fraction of sp³-hybridized carbons (Fsp3) is 0.286. The predicted molar refractivity (Wildman–Crippen MR) is 111 cm³/mol. The standard InChI is InChI=1S/C21H21ClN4O2/c1-14-6-7-15(12-18(14)22)24-21(28)25-10-8-16(9-11-25)26-13-23-19-5-3-2-4-17(19)20(26)27/h2-7,12-13,16H,8-11H2,1H3,(H,24,28). The molecule has 3 aromatic rings. The molecule has 1 aliphatic rings. The van der Waals surface area contributed by atoms with Crippen molar-refractivity contribution < 1.29 is 4.79 Å². The number of aromatic nitrogens is 2. The maximum Gasteiger partial charge on any atom is 0.321 e. The molecule has 1 aliphatic heterocycles. The molecule has 0 aliphatic carbocycles. The quantitative estimate of drug-likeness (QED) is 0.704. The number of urea groups is 1. The number of halogens is 1. The summed E-state index contributed by atoms with van der Waals surface area (Å²) in [7, 11) is 0. The number of fused-ring (bicyclic) bond motifs is 1. The number of likely N-dealkylation sites (tertiary alicyclic amines) is 1. The van der Waals surface area contributed by atoms with Crippen LogP contribution in [0.15, 0.2) is 53.6 Å². The van der Waals surface area contributed by atoms with Crippen molar-refractivity contribution in [1.82, 2.24) is 14.5 Å². The molecule has 0 spiro atoms. The van der Waals surface area contributed by atoms with E-state index < -0.39 is 0 Å². The molecular weight excluding hydrogens is 376 g/mol. The fourth-order valence-electron chi connectivity index (χ4n) is 3.56. The summed E-state index contributed by atoms with van der Waals surface area (Å²) in [5, 5.41) is 4.14. The zero-order valence-corrected chi connectivity index (χ0v) is 16.3. The maximum absolute atomic E-state index is 12.8. The van der Waals surface area contributed by atoms with Crippen LogP contribution in [-0.2, 0) is 0 Å². The van der Waals surface area contributed by atoms with Crippen molar-refractivity contribution in [3.63, 3.8) is 0 Å². The van der Waals surface area contributed by atoms with Gasteiger partial charge < -0.3 is 10.2 Å². The lowest BCUT2D eigenvalue weighted by atomic mass is 10.0. The minimum atomic E-state index is -0.151. The highest BCUT2D eigenvalue weighted by molar-refractivity contribution is 6.31. The molecule has 28 heavy (non-hydrogen) atoms. The van der Waals surface area contributed by atoms with Crippen molar-refractivity contribution in [3.05, 3.63) is 69.7 Å². The second kappa shape index (κ2) is 7.64. The smallest absolute Gasteiger partial charge is 0.321 e. The van der Waals surface area contributed by atoms with Crippen LogP contribution in [0.2, 0.25) is 5.02 Å². The number of piperidine rings is 1. The molecule has 2 amide bonds. The molecule has 0 radical (unpaired) electrons. The number of benzene rings is 2. The van der Waals surface area contributed by atoms with Gasteiger partial charge in [0.15, 0.2) is 0 Å². The van der Waals surface area contributed by atoms with E-state index >= 15 is 0 Å². The average Bonchev–Trinajstić information content (AvgIpc) is 2.71. The third-order valence-corrected chi connectivity index (χ3v) is 5.67. The Morgan fingerprint density at radius 3 is 2.68 bits per heavy atom. The van der Waals surface area contributed by atoms with Gasteiger partial charge in [-0.15, -0.1) is 0 Å². The summed E-state index contributed by atoms with van der Waals surface area (Å²) in [5.74, 6) is 0.